The van der Waals surface area contributed by atoms with Gasteiger partial charge in [0.05, 0.1) is 11.7 Å². The Kier molecular flexibility index (Phi) is 5.57. The normalized spacial score (nSPS) is 15.0. The first kappa shape index (κ1) is 12.9. The molecule has 80 valence electrons. The highest BCUT2D eigenvalue weighted by Gasteiger charge is 2.16. The second-order valence-corrected chi connectivity index (χ2v) is 4.82. The van der Waals surface area contributed by atoms with Gasteiger partial charge < -0.3 is 10.1 Å². The molecular formula is C11H25NO. The van der Waals surface area contributed by atoms with Crippen molar-refractivity contribution >= 4 is 0 Å². The molecule has 1 N–H and O–H groups in total. The van der Waals surface area contributed by atoms with Gasteiger partial charge in [-0.1, -0.05) is 20.8 Å². The molecule has 0 amide bonds. The molecule has 2 heteroatoms. The molecule has 0 aromatic heterocycles. The monoisotopic (exact) mass is 187 g/mol. The first-order valence-corrected chi connectivity index (χ1v) is 5.26. The smallest absolute Gasteiger partial charge is 0.0704 e. The van der Waals surface area contributed by atoms with E-state index in [9.17, 15) is 0 Å². The molecule has 0 aromatic carbocycles. The fraction of sp³-hybridized carbons (Fsp3) is 1.00. The Morgan fingerprint density at radius 2 is 1.77 bits per heavy atom. The molecule has 0 radical (unpaired) electrons. The van der Waals surface area contributed by atoms with Crippen LogP contribution in [-0.4, -0.2) is 24.3 Å². The molecule has 0 aliphatic heterocycles. The van der Waals surface area contributed by atoms with Gasteiger partial charge in [0.25, 0.3) is 0 Å². The van der Waals surface area contributed by atoms with Crippen molar-refractivity contribution in [2.45, 2.75) is 65.7 Å². The van der Waals surface area contributed by atoms with Crippen LogP contribution in [0.2, 0.25) is 0 Å². The minimum absolute atomic E-state index is 0.0284. The summed E-state index contributed by atoms with van der Waals surface area (Å²) in [6.07, 6.45) is 1.40. The van der Waals surface area contributed by atoms with Gasteiger partial charge in [-0.05, 0) is 27.2 Å². The van der Waals surface area contributed by atoms with Crippen molar-refractivity contribution < 1.29 is 4.74 Å². The number of rotatable bonds is 5. The standard InChI is InChI=1S/C11H25NO/c1-7-10(8-12-9(2)3)13-11(4,5)6/h9-10,12H,7-8H2,1-6H3. The molecule has 0 saturated carbocycles. The Balaban J connectivity index is 3.76. The Morgan fingerprint density at radius 3 is 2.08 bits per heavy atom. The van der Waals surface area contributed by atoms with E-state index in [-0.39, 0.29) is 5.60 Å². The zero-order valence-corrected chi connectivity index (χ0v) is 9.98. The predicted molar refractivity (Wildman–Crippen MR) is 58.1 cm³/mol. The molecule has 0 aliphatic carbocycles. The Morgan fingerprint density at radius 1 is 1.23 bits per heavy atom. The molecule has 2 nitrogen and oxygen atoms in total. The van der Waals surface area contributed by atoms with Crippen molar-refractivity contribution in [2.24, 2.45) is 0 Å². The van der Waals surface area contributed by atoms with E-state index < -0.39 is 0 Å². The van der Waals surface area contributed by atoms with Crippen LogP contribution in [-0.2, 0) is 4.74 Å². The molecular weight excluding hydrogens is 162 g/mol. The van der Waals surface area contributed by atoms with E-state index in [1.54, 1.807) is 0 Å². The molecule has 0 bridgehead atoms. The minimum atomic E-state index is -0.0284. The van der Waals surface area contributed by atoms with E-state index in [4.69, 9.17) is 4.74 Å². The maximum absolute atomic E-state index is 5.87. The molecule has 0 fully saturated rings. The van der Waals surface area contributed by atoms with Crippen molar-refractivity contribution in [3.8, 4) is 0 Å². The van der Waals surface area contributed by atoms with Gasteiger partial charge in [-0.15, -0.1) is 0 Å². The lowest BCUT2D eigenvalue weighted by atomic mass is 10.1. The van der Waals surface area contributed by atoms with Crippen LogP contribution < -0.4 is 5.32 Å². The van der Waals surface area contributed by atoms with Crippen LogP contribution in [0.15, 0.2) is 0 Å². The van der Waals surface area contributed by atoms with Crippen LogP contribution in [0.5, 0.6) is 0 Å². The van der Waals surface area contributed by atoms with Gasteiger partial charge in [-0.3, -0.25) is 0 Å². The molecule has 0 spiro atoms. The van der Waals surface area contributed by atoms with Gasteiger partial charge in [0.1, 0.15) is 0 Å². The molecule has 13 heavy (non-hydrogen) atoms. The third kappa shape index (κ3) is 8.26. The third-order valence-electron chi connectivity index (χ3n) is 1.73. The average molecular weight is 187 g/mol. The van der Waals surface area contributed by atoms with Gasteiger partial charge >= 0.3 is 0 Å². The zero-order valence-electron chi connectivity index (χ0n) is 9.98. The summed E-state index contributed by atoms with van der Waals surface area (Å²) in [5, 5.41) is 3.39. The van der Waals surface area contributed by atoms with E-state index in [1.807, 2.05) is 0 Å². The lowest BCUT2D eigenvalue weighted by molar-refractivity contribution is -0.0602. The van der Waals surface area contributed by atoms with Gasteiger partial charge in [-0.25, -0.2) is 0 Å². The summed E-state index contributed by atoms with van der Waals surface area (Å²) in [6, 6.07) is 0.539. The average Bonchev–Trinajstić information content (AvgIpc) is 1.95. The highest BCUT2D eigenvalue weighted by molar-refractivity contribution is 4.68. The summed E-state index contributed by atoms with van der Waals surface area (Å²) in [6.45, 7) is 13.7. The van der Waals surface area contributed by atoms with E-state index in [0.717, 1.165) is 13.0 Å². The number of hydrogen-bond acceptors (Lipinski definition) is 2. The lowest BCUT2D eigenvalue weighted by Crippen LogP contribution is -2.37. The predicted octanol–water partition coefficient (Wildman–Crippen LogP) is 2.58. The second kappa shape index (κ2) is 5.61. The summed E-state index contributed by atoms with van der Waals surface area (Å²) in [5.74, 6) is 0. The van der Waals surface area contributed by atoms with Gasteiger partial charge in [0, 0.05) is 12.6 Å². The van der Waals surface area contributed by atoms with Gasteiger partial charge in [0.2, 0.25) is 0 Å². The van der Waals surface area contributed by atoms with Crippen molar-refractivity contribution in [3.05, 3.63) is 0 Å². The maximum Gasteiger partial charge on any atom is 0.0704 e. The summed E-state index contributed by atoms with van der Waals surface area (Å²) in [5.41, 5.74) is -0.0284. The van der Waals surface area contributed by atoms with Crippen LogP contribution in [0.1, 0.15) is 48.0 Å². The second-order valence-electron chi connectivity index (χ2n) is 4.82. The Labute approximate surface area is 83.1 Å². The van der Waals surface area contributed by atoms with Crippen molar-refractivity contribution in [1.82, 2.24) is 5.32 Å². The van der Waals surface area contributed by atoms with Crippen molar-refractivity contribution in [1.29, 1.82) is 0 Å². The van der Waals surface area contributed by atoms with Crippen LogP contribution in [0.4, 0.5) is 0 Å². The molecule has 0 aliphatic rings. The Hall–Kier alpha value is -0.0800. The molecule has 0 aromatic rings. The topological polar surface area (TPSA) is 21.3 Å². The maximum atomic E-state index is 5.87. The van der Waals surface area contributed by atoms with Crippen molar-refractivity contribution in [2.75, 3.05) is 6.54 Å². The fourth-order valence-electron chi connectivity index (χ4n) is 1.14. The number of ether oxygens (including phenoxy) is 1. The first-order chi connectivity index (χ1) is 5.85. The fourth-order valence-corrected chi connectivity index (χ4v) is 1.14. The summed E-state index contributed by atoms with van der Waals surface area (Å²) in [4.78, 5) is 0. The SMILES string of the molecule is CCC(CNC(C)C)OC(C)(C)C. The van der Waals surface area contributed by atoms with Crippen LogP contribution in [0.25, 0.3) is 0 Å². The van der Waals surface area contributed by atoms with Crippen LogP contribution >= 0.6 is 0 Å². The van der Waals surface area contributed by atoms with Crippen molar-refractivity contribution in [3.63, 3.8) is 0 Å². The molecule has 1 atom stereocenters. The molecule has 0 heterocycles. The third-order valence-corrected chi connectivity index (χ3v) is 1.73. The van der Waals surface area contributed by atoms with E-state index in [0.29, 0.717) is 12.1 Å². The summed E-state index contributed by atoms with van der Waals surface area (Å²) in [7, 11) is 0. The lowest BCUT2D eigenvalue weighted by Gasteiger charge is -2.27. The van der Waals surface area contributed by atoms with E-state index >= 15 is 0 Å². The summed E-state index contributed by atoms with van der Waals surface area (Å²) < 4.78 is 5.87. The quantitative estimate of drug-likeness (QED) is 0.714. The molecule has 1 unspecified atom stereocenters. The minimum Gasteiger partial charge on any atom is -0.371 e. The van der Waals surface area contributed by atoms with Crippen LogP contribution in [0.3, 0.4) is 0 Å². The summed E-state index contributed by atoms with van der Waals surface area (Å²) >= 11 is 0. The largest absolute Gasteiger partial charge is 0.371 e. The highest BCUT2D eigenvalue weighted by atomic mass is 16.5. The van der Waals surface area contributed by atoms with Gasteiger partial charge in [0.15, 0.2) is 0 Å². The van der Waals surface area contributed by atoms with E-state index in [2.05, 4.69) is 46.9 Å². The zero-order chi connectivity index (χ0) is 10.5. The highest BCUT2D eigenvalue weighted by Crippen LogP contribution is 2.12. The number of nitrogens with one attached hydrogen (secondary N) is 1. The molecule has 0 rings (SSSR count). The molecule has 0 saturated heterocycles. The number of hydrogen-bond donors (Lipinski definition) is 1. The van der Waals surface area contributed by atoms with E-state index in [1.165, 1.54) is 0 Å². The Bertz CT molecular complexity index is 127. The van der Waals surface area contributed by atoms with Crippen LogP contribution in [0, 0.1) is 0 Å². The van der Waals surface area contributed by atoms with Gasteiger partial charge in [-0.2, -0.15) is 0 Å². The first-order valence-electron chi connectivity index (χ1n) is 5.26.